The molecule has 0 saturated carbocycles. The third kappa shape index (κ3) is 44.4. The molecule has 19 heteroatoms. The van der Waals surface area contributed by atoms with Crippen molar-refractivity contribution >= 4 is 5.91 Å². The molecule has 12 N–H and O–H groups in total. The minimum atomic E-state index is -1.98. The normalized spacial score (nSPS) is 26.2. The quantitative estimate of drug-likeness (QED) is 0.0199. The van der Waals surface area contributed by atoms with Crippen LogP contribution in [0.2, 0.25) is 0 Å². The minimum Gasteiger partial charge on any atom is -0.394 e. The predicted molar refractivity (Wildman–Crippen MR) is 415 cm³/mol. The molecule has 0 bridgehead atoms. The van der Waals surface area contributed by atoms with Gasteiger partial charge in [-0.15, -0.1) is 0 Å². The summed E-state index contributed by atoms with van der Waals surface area (Å²) in [6.45, 7) is 1.74. The molecule has 3 rings (SSSR count). The van der Waals surface area contributed by atoms with Crippen LogP contribution in [0, 0.1) is 0 Å². The number of rotatable bonds is 68. The summed E-state index contributed by atoms with van der Waals surface area (Å²) < 4.78 is 34.6. The maximum Gasteiger partial charge on any atom is 0.220 e. The highest BCUT2D eigenvalue weighted by atomic mass is 16.8. The van der Waals surface area contributed by atoms with Gasteiger partial charge in [0.15, 0.2) is 18.9 Å². The summed E-state index contributed by atoms with van der Waals surface area (Å²) in [7, 11) is 0. The van der Waals surface area contributed by atoms with Crippen molar-refractivity contribution in [3.05, 3.63) is 60.8 Å². The molecule has 3 fully saturated rings. The molecule has 0 aromatic carbocycles. The topological polar surface area (TPSA) is 307 Å². The van der Waals surface area contributed by atoms with Gasteiger partial charge < -0.3 is 89.9 Å². The van der Waals surface area contributed by atoms with Crippen molar-refractivity contribution in [3.8, 4) is 0 Å². The monoisotopic (exact) mass is 1480 g/mol. The lowest BCUT2D eigenvalue weighted by Gasteiger charge is -2.48. The molecule has 104 heavy (non-hydrogen) atoms. The van der Waals surface area contributed by atoms with Crippen LogP contribution >= 0.6 is 0 Å². The summed E-state index contributed by atoms with van der Waals surface area (Å²) in [4.78, 5) is 13.5. The predicted octanol–water partition coefficient (Wildman–Crippen LogP) is 15.0. The summed E-state index contributed by atoms with van der Waals surface area (Å²) in [5.41, 5.74) is 0. The number of carbonyl (C=O) groups is 1. The van der Waals surface area contributed by atoms with E-state index in [1.807, 2.05) is 0 Å². The number of amides is 1. The SMILES string of the molecule is CC/C=C\C/C=C\C/C=C\C/C=C\C/C=C\CCCCCCCCCCCCCCCC(=O)NC(COC1OC(CO)C(OC2OC(CO)C(OC3OC(CO)C(O)C(O)C3O)C(O)C2O)C(O)C1O)C(O)CCCCCCCCCCCCCCCCCCCCCCCCCCCCCCCC. The van der Waals surface area contributed by atoms with Crippen molar-refractivity contribution in [1.82, 2.24) is 5.32 Å². The van der Waals surface area contributed by atoms with Crippen LogP contribution in [0.3, 0.4) is 0 Å². The van der Waals surface area contributed by atoms with Crippen molar-refractivity contribution in [2.45, 2.75) is 446 Å². The van der Waals surface area contributed by atoms with E-state index in [0.29, 0.717) is 12.8 Å². The Morgan fingerprint density at radius 3 is 1.04 bits per heavy atom. The Kier molecular flexibility index (Phi) is 60.0. The van der Waals surface area contributed by atoms with Gasteiger partial charge in [-0.25, -0.2) is 0 Å². The molecule has 0 aromatic rings. The van der Waals surface area contributed by atoms with Gasteiger partial charge >= 0.3 is 0 Å². The van der Waals surface area contributed by atoms with Crippen LogP contribution in [0.25, 0.3) is 0 Å². The van der Waals surface area contributed by atoms with Crippen molar-refractivity contribution in [2.75, 3.05) is 26.4 Å². The van der Waals surface area contributed by atoms with Gasteiger partial charge in [0.25, 0.3) is 0 Å². The average Bonchev–Trinajstić information content (AvgIpc) is 0.781. The summed E-state index contributed by atoms with van der Waals surface area (Å²) in [6, 6.07) is -0.893. The van der Waals surface area contributed by atoms with E-state index in [0.717, 1.165) is 83.5 Å². The third-order valence-electron chi connectivity index (χ3n) is 21.1. The first-order valence-corrected chi connectivity index (χ1v) is 42.5. The van der Waals surface area contributed by atoms with Crippen LogP contribution in [-0.4, -0.2) is 193 Å². The van der Waals surface area contributed by atoms with Crippen molar-refractivity contribution in [1.29, 1.82) is 0 Å². The van der Waals surface area contributed by atoms with Crippen LogP contribution in [0.4, 0.5) is 0 Å². The summed E-state index contributed by atoms with van der Waals surface area (Å²) in [5.74, 6) is -0.241. The first kappa shape index (κ1) is 95.7. The second-order valence-electron chi connectivity index (χ2n) is 30.3. The molecule has 19 nitrogen and oxygen atoms in total. The van der Waals surface area contributed by atoms with Gasteiger partial charge in [-0.05, 0) is 57.8 Å². The number of allylic oxidation sites excluding steroid dienone is 10. The number of aliphatic hydroxyl groups excluding tert-OH is 11. The minimum absolute atomic E-state index is 0.241. The molecule has 608 valence electrons. The van der Waals surface area contributed by atoms with Crippen molar-refractivity contribution in [2.24, 2.45) is 0 Å². The molecule has 3 aliphatic heterocycles. The standard InChI is InChI=1S/C85H155NO18/c1-3-5-7-9-11-13-15-17-19-21-23-25-27-29-31-33-35-36-38-40-42-44-46-48-50-52-54-56-58-60-62-69(90)68(86-73(91)63-61-59-57-55-53-51-49-47-45-43-41-39-37-34-32-30-28-26-24-22-20-18-16-14-12-10-8-6-4-2)67-99-83-79(97)76(94)81(71(65-88)101-83)104-85-80(98)77(95)82(72(66-89)102-85)103-84-78(96)75(93)74(92)70(64-87)100-84/h6,8,12,14,18,20,24,26,30,32,68-72,74-85,87-90,92-98H,3-5,7,9-11,13,15-17,19,21-23,25,27-29,31,33-67H2,1-2H3,(H,86,91)/b8-6-,14-12-,20-18-,26-24-,32-30-. The maximum absolute atomic E-state index is 13.5. The van der Waals surface area contributed by atoms with Crippen LogP contribution < -0.4 is 5.32 Å². The lowest BCUT2D eigenvalue weighted by Crippen LogP contribution is -2.66. The van der Waals surface area contributed by atoms with E-state index in [1.54, 1.807) is 0 Å². The molecule has 0 aliphatic carbocycles. The zero-order valence-electron chi connectivity index (χ0n) is 65.3. The second-order valence-corrected chi connectivity index (χ2v) is 30.3. The van der Waals surface area contributed by atoms with E-state index >= 15 is 0 Å². The fourth-order valence-electron chi connectivity index (χ4n) is 14.3. The van der Waals surface area contributed by atoms with E-state index in [1.165, 1.54) is 225 Å². The van der Waals surface area contributed by atoms with Crippen LogP contribution in [-0.2, 0) is 33.2 Å². The van der Waals surface area contributed by atoms with Gasteiger partial charge in [-0.2, -0.15) is 0 Å². The molecule has 0 aromatic heterocycles. The second kappa shape index (κ2) is 65.2. The molecule has 3 saturated heterocycles. The van der Waals surface area contributed by atoms with Gasteiger partial charge in [0, 0.05) is 6.42 Å². The summed E-state index contributed by atoms with van der Waals surface area (Å²) in [6.07, 6.45) is 57.4. The van der Waals surface area contributed by atoms with E-state index in [9.17, 15) is 61.0 Å². The van der Waals surface area contributed by atoms with Crippen LogP contribution in [0.1, 0.15) is 341 Å². The number of nitrogens with one attached hydrogen (secondary N) is 1. The first-order valence-electron chi connectivity index (χ1n) is 42.5. The number of hydrogen-bond acceptors (Lipinski definition) is 18. The highest BCUT2D eigenvalue weighted by molar-refractivity contribution is 5.76. The van der Waals surface area contributed by atoms with Gasteiger partial charge in [-0.3, -0.25) is 4.79 Å². The van der Waals surface area contributed by atoms with Gasteiger partial charge in [0.1, 0.15) is 73.2 Å². The summed E-state index contributed by atoms with van der Waals surface area (Å²) in [5, 5.41) is 121. The Morgan fingerprint density at radius 1 is 0.356 bits per heavy atom. The zero-order chi connectivity index (χ0) is 75.3. The van der Waals surface area contributed by atoms with Gasteiger partial charge in [0.2, 0.25) is 5.91 Å². The first-order chi connectivity index (χ1) is 50.8. The maximum atomic E-state index is 13.5. The Hall–Kier alpha value is -2.51. The van der Waals surface area contributed by atoms with Gasteiger partial charge in [-0.1, -0.05) is 338 Å². The Labute approximate surface area is 630 Å². The molecule has 3 aliphatic rings. The molecule has 17 atom stereocenters. The van der Waals surface area contributed by atoms with Crippen molar-refractivity contribution in [3.63, 3.8) is 0 Å². The highest BCUT2D eigenvalue weighted by Crippen LogP contribution is 2.33. The summed E-state index contributed by atoms with van der Waals surface area (Å²) >= 11 is 0. The third-order valence-corrected chi connectivity index (χ3v) is 21.1. The zero-order valence-corrected chi connectivity index (χ0v) is 65.3. The molecule has 17 unspecified atom stereocenters. The van der Waals surface area contributed by atoms with E-state index in [-0.39, 0.29) is 18.9 Å². The lowest BCUT2D eigenvalue weighted by atomic mass is 9.96. The van der Waals surface area contributed by atoms with Crippen molar-refractivity contribution < 1.29 is 89.4 Å². The van der Waals surface area contributed by atoms with Crippen LogP contribution in [0.15, 0.2) is 60.8 Å². The van der Waals surface area contributed by atoms with Crippen LogP contribution in [0.5, 0.6) is 0 Å². The number of carbonyl (C=O) groups excluding carboxylic acids is 1. The highest BCUT2D eigenvalue weighted by Gasteiger charge is 2.54. The molecular formula is C85H155NO18. The Morgan fingerprint density at radius 2 is 0.663 bits per heavy atom. The fraction of sp³-hybridized carbons (Fsp3) is 0.871. The molecule has 1 amide bonds. The molecule has 0 radical (unpaired) electrons. The molecule has 3 heterocycles. The fourth-order valence-corrected chi connectivity index (χ4v) is 14.3. The number of aliphatic hydroxyl groups is 11. The smallest absolute Gasteiger partial charge is 0.220 e. The number of ether oxygens (including phenoxy) is 6. The van der Waals surface area contributed by atoms with E-state index < -0.39 is 124 Å². The average molecular weight is 1480 g/mol. The lowest BCUT2D eigenvalue weighted by molar-refractivity contribution is -0.379. The largest absolute Gasteiger partial charge is 0.394 e. The van der Waals surface area contributed by atoms with E-state index in [4.69, 9.17) is 28.4 Å². The van der Waals surface area contributed by atoms with E-state index in [2.05, 4.69) is 79.9 Å². The Balaban J connectivity index is 1.35. The van der Waals surface area contributed by atoms with Gasteiger partial charge in [0.05, 0.1) is 38.6 Å². The number of unbranched alkanes of at least 4 members (excludes halogenated alkanes) is 42. The Bertz CT molecular complexity index is 2110. The molecule has 0 spiro atoms. The molecular weight excluding hydrogens is 1320 g/mol. The number of hydrogen-bond donors (Lipinski definition) is 12.